The third-order valence-electron chi connectivity index (χ3n) is 7.40. The number of hydrogen-bond acceptors (Lipinski definition) is 4. The monoisotopic (exact) mass is 443 g/mol. The maximum absolute atomic E-state index is 13.0. The van der Waals surface area contributed by atoms with Crippen LogP contribution in [0.2, 0.25) is 0 Å². The van der Waals surface area contributed by atoms with Gasteiger partial charge in [0.2, 0.25) is 0 Å². The van der Waals surface area contributed by atoms with E-state index >= 15 is 0 Å². The van der Waals surface area contributed by atoms with Crippen molar-refractivity contribution >= 4 is 5.91 Å². The number of carbonyl (C=O) groups is 1. The fourth-order valence-electron chi connectivity index (χ4n) is 5.40. The normalized spacial score (nSPS) is 24.6. The van der Waals surface area contributed by atoms with Crippen molar-refractivity contribution in [3.63, 3.8) is 0 Å². The van der Waals surface area contributed by atoms with Crippen LogP contribution in [0.4, 0.5) is 0 Å². The predicted molar refractivity (Wildman–Crippen MR) is 132 cm³/mol. The molecule has 1 saturated carbocycles. The highest BCUT2D eigenvalue weighted by atomic mass is 16.5. The van der Waals surface area contributed by atoms with Crippen molar-refractivity contribution in [3.05, 3.63) is 35.4 Å². The Labute approximate surface area is 195 Å². The average molecular weight is 444 g/mol. The Morgan fingerprint density at radius 1 is 1.06 bits per heavy atom. The Morgan fingerprint density at radius 2 is 1.81 bits per heavy atom. The van der Waals surface area contributed by atoms with E-state index in [0.717, 1.165) is 57.9 Å². The number of rotatable bonds is 11. The molecule has 1 aromatic carbocycles. The van der Waals surface area contributed by atoms with Crippen LogP contribution in [0, 0.1) is 11.8 Å². The summed E-state index contributed by atoms with van der Waals surface area (Å²) in [6.45, 7) is 14.6. The molecular formula is C27H45N3O2. The summed E-state index contributed by atoms with van der Waals surface area (Å²) < 4.78 is 5.69. The minimum absolute atomic E-state index is 0.0872. The van der Waals surface area contributed by atoms with E-state index in [2.05, 4.69) is 48.0 Å². The van der Waals surface area contributed by atoms with Gasteiger partial charge in [0.1, 0.15) is 0 Å². The topological polar surface area (TPSA) is 44.8 Å². The van der Waals surface area contributed by atoms with Gasteiger partial charge in [-0.3, -0.25) is 9.69 Å². The van der Waals surface area contributed by atoms with Gasteiger partial charge in [0, 0.05) is 37.8 Å². The first-order chi connectivity index (χ1) is 15.6. The Hall–Kier alpha value is -1.43. The molecule has 1 aliphatic carbocycles. The third-order valence-corrected chi connectivity index (χ3v) is 7.40. The summed E-state index contributed by atoms with van der Waals surface area (Å²) in [5, 5.41) is 3.40. The quantitative estimate of drug-likeness (QED) is 0.544. The summed E-state index contributed by atoms with van der Waals surface area (Å²) in [6, 6.07) is 8.50. The van der Waals surface area contributed by atoms with Gasteiger partial charge in [-0.15, -0.1) is 0 Å². The van der Waals surface area contributed by atoms with Gasteiger partial charge in [-0.2, -0.15) is 0 Å². The second-order valence-electron chi connectivity index (χ2n) is 9.71. The van der Waals surface area contributed by atoms with Crippen molar-refractivity contribution in [2.75, 3.05) is 45.9 Å². The fraction of sp³-hybridized carbons (Fsp3) is 0.741. The molecule has 2 aliphatic rings. The molecule has 1 N–H and O–H groups in total. The molecular weight excluding hydrogens is 398 g/mol. The van der Waals surface area contributed by atoms with Gasteiger partial charge in [0.05, 0.1) is 6.61 Å². The molecule has 0 radical (unpaired) electrons. The summed E-state index contributed by atoms with van der Waals surface area (Å²) in [4.78, 5) is 18.0. The average Bonchev–Trinajstić information content (AvgIpc) is 2.83. The predicted octanol–water partition coefficient (Wildman–Crippen LogP) is 4.57. The van der Waals surface area contributed by atoms with Crippen LogP contribution < -0.4 is 5.32 Å². The van der Waals surface area contributed by atoms with Crippen LogP contribution in [0.5, 0.6) is 0 Å². The van der Waals surface area contributed by atoms with Crippen LogP contribution >= 0.6 is 0 Å². The first-order valence-corrected chi connectivity index (χ1v) is 13.0. The zero-order valence-corrected chi connectivity index (χ0v) is 20.7. The first-order valence-electron chi connectivity index (χ1n) is 13.0. The van der Waals surface area contributed by atoms with E-state index in [1.807, 2.05) is 12.1 Å². The van der Waals surface area contributed by atoms with E-state index in [4.69, 9.17) is 4.74 Å². The highest BCUT2D eigenvalue weighted by molar-refractivity contribution is 5.94. The standard InChI is InChI=1S/C27H45N3O2/c1-4-29(5-2)18-22-13-15-24(16-14-22)27(31)28-26-12-8-7-11-25(26)20-30-17-9-10-23(19-30)21-32-6-3/h13-16,23,25-26H,4-12,17-21H2,1-3H3,(H,28,31)/t23-,25-,26+/m1/s1. The molecule has 1 aliphatic heterocycles. The molecule has 1 amide bonds. The lowest BCUT2D eigenvalue weighted by Crippen LogP contribution is -2.48. The Kier molecular flexibility index (Phi) is 10.5. The molecule has 5 heteroatoms. The summed E-state index contributed by atoms with van der Waals surface area (Å²) in [6.07, 6.45) is 7.38. The summed E-state index contributed by atoms with van der Waals surface area (Å²) in [5.41, 5.74) is 2.06. The van der Waals surface area contributed by atoms with Crippen molar-refractivity contribution in [3.8, 4) is 0 Å². The number of benzene rings is 1. The maximum atomic E-state index is 13.0. The first kappa shape index (κ1) is 25.2. The van der Waals surface area contributed by atoms with Crippen molar-refractivity contribution in [2.24, 2.45) is 11.8 Å². The van der Waals surface area contributed by atoms with Gasteiger partial charge in [-0.05, 0) is 81.8 Å². The molecule has 1 aromatic rings. The van der Waals surface area contributed by atoms with Crippen molar-refractivity contribution in [2.45, 2.75) is 71.9 Å². The van der Waals surface area contributed by atoms with Crippen LogP contribution in [-0.2, 0) is 11.3 Å². The molecule has 32 heavy (non-hydrogen) atoms. The van der Waals surface area contributed by atoms with E-state index < -0.39 is 0 Å². The van der Waals surface area contributed by atoms with E-state index in [1.165, 1.54) is 44.2 Å². The van der Waals surface area contributed by atoms with Crippen LogP contribution in [0.25, 0.3) is 0 Å². The largest absolute Gasteiger partial charge is 0.381 e. The Balaban J connectivity index is 1.53. The van der Waals surface area contributed by atoms with Crippen LogP contribution in [-0.4, -0.2) is 67.7 Å². The van der Waals surface area contributed by atoms with Gasteiger partial charge in [0.15, 0.2) is 0 Å². The van der Waals surface area contributed by atoms with Crippen molar-refractivity contribution in [1.29, 1.82) is 0 Å². The Bertz CT molecular complexity index is 674. The number of nitrogens with zero attached hydrogens (tertiary/aromatic N) is 2. The third kappa shape index (κ3) is 7.57. The summed E-state index contributed by atoms with van der Waals surface area (Å²) in [7, 11) is 0. The molecule has 0 spiro atoms. The maximum Gasteiger partial charge on any atom is 0.251 e. The van der Waals surface area contributed by atoms with Gasteiger partial charge >= 0.3 is 0 Å². The van der Waals surface area contributed by atoms with Crippen LogP contribution in [0.1, 0.15) is 75.2 Å². The van der Waals surface area contributed by atoms with Gasteiger partial charge in [-0.25, -0.2) is 0 Å². The second kappa shape index (κ2) is 13.3. The molecule has 180 valence electrons. The molecule has 0 unspecified atom stereocenters. The number of nitrogens with one attached hydrogen (secondary N) is 1. The molecule has 0 bridgehead atoms. The number of amides is 1. The molecule has 1 heterocycles. The van der Waals surface area contributed by atoms with E-state index in [9.17, 15) is 4.79 Å². The fourth-order valence-corrected chi connectivity index (χ4v) is 5.40. The highest BCUT2D eigenvalue weighted by Crippen LogP contribution is 2.27. The lowest BCUT2D eigenvalue weighted by Gasteiger charge is -2.39. The SMILES string of the molecule is CCOC[C@@H]1CCCN(C[C@H]2CCCC[C@@H]2NC(=O)c2ccc(CN(CC)CC)cc2)C1. The minimum atomic E-state index is 0.0872. The lowest BCUT2D eigenvalue weighted by atomic mass is 9.83. The number of piperidine rings is 1. The summed E-state index contributed by atoms with van der Waals surface area (Å²) >= 11 is 0. The number of ether oxygens (including phenoxy) is 1. The van der Waals surface area contributed by atoms with Crippen molar-refractivity contribution < 1.29 is 9.53 Å². The Morgan fingerprint density at radius 3 is 2.53 bits per heavy atom. The minimum Gasteiger partial charge on any atom is -0.381 e. The second-order valence-corrected chi connectivity index (χ2v) is 9.71. The van der Waals surface area contributed by atoms with Gasteiger partial charge in [-0.1, -0.05) is 38.8 Å². The van der Waals surface area contributed by atoms with Gasteiger partial charge < -0.3 is 15.0 Å². The number of likely N-dealkylation sites (tertiary alicyclic amines) is 1. The van der Waals surface area contributed by atoms with E-state index in [0.29, 0.717) is 17.9 Å². The van der Waals surface area contributed by atoms with Gasteiger partial charge in [0.25, 0.3) is 5.91 Å². The highest BCUT2D eigenvalue weighted by Gasteiger charge is 2.30. The number of hydrogen-bond donors (Lipinski definition) is 1. The molecule has 5 nitrogen and oxygen atoms in total. The molecule has 3 atom stereocenters. The zero-order valence-electron chi connectivity index (χ0n) is 20.7. The molecule has 3 rings (SSSR count). The van der Waals surface area contributed by atoms with E-state index in [-0.39, 0.29) is 5.91 Å². The summed E-state index contributed by atoms with van der Waals surface area (Å²) in [5.74, 6) is 1.31. The zero-order chi connectivity index (χ0) is 22.8. The molecule has 1 saturated heterocycles. The van der Waals surface area contributed by atoms with E-state index in [1.54, 1.807) is 0 Å². The smallest absolute Gasteiger partial charge is 0.251 e. The van der Waals surface area contributed by atoms with Crippen molar-refractivity contribution in [1.82, 2.24) is 15.1 Å². The van der Waals surface area contributed by atoms with Crippen LogP contribution in [0.15, 0.2) is 24.3 Å². The van der Waals surface area contributed by atoms with Crippen LogP contribution in [0.3, 0.4) is 0 Å². The number of carbonyl (C=O) groups excluding carboxylic acids is 1. The molecule has 2 fully saturated rings. The lowest BCUT2D eigenvalue weighted by molar-refractivity contribution is 0.0548. The molecule has 0 aromatic heterocycles.